The zero-order valence-electron chi connectivity index (χ0n) is 16.4. The molecule has 0 spiro atoms. The number of likely N-dealkylation sites (tertiary alicyclic amines) is 1. The van der Waals surface area contributed by atoms with Gasteiger partial charge in [0.15, 0.2) is 0 Å². The summed E-state index contributed by atoms with van der Waals surface area (Å²) in [6.45, 7) is 2.98. The van der Waals surface area contributed by atoms with Gasteiger partial charge in [0.25, 0.3) is 0 Å². The Labute approximate surface area is 169 Å². The average Bonchev–Trinajstić information content (AvgIpc) is 3.13. The molecule has 0 aromatic heterocycles. The molecule has 0 aliphatic carbocycles. The molecule has 0 saturated carbocycles. The number of esters is 1. The minimum absolute atomic E-state index is 0.0152. The molecule has 1 aliphatic rings. The van der Waals surface area contributed by atoms with Gasteiger partial charge in [-0.3, -0.25) is 9.59 Å². The van der Waals surface area contributed by atoms with Gasteiger partial charge in [0.2, 0.25) is 11.8 Å². The van der Waals surface area contributed by atoms with Crippen molar-refractivity contribution in [2.75, 3.05) is 25.5 Å². The summed E-state index contributed by atoms with van der Waals surface area (Å²) in [5, 5.41) is 2.87. The molecule has 1 heterocycles. The summed E-state index contributed by atoms with van der Waals surface area (Å²) < 4.78 is 4.72. The van der Waals surface area contributed by atoms with Gasteiger partial charge in [-0.15, -0.1) is 0 Å². The van der Waals surface area contributed by atoms with Crippen LogP contribution in [0.1, 0.15) is 34.8 Å². The van der Waals surface area contributed by atoms with E-state index in [0.717, 1.165) is 5.56 Å². The van der Waals surface area contributed by atoms with Crippen LogP contribution < -0.4 is 5.32 Å². The molecule has 1 saturated heterocycles. The minimum atomic E-state index is -0.412. The first-order valence-corrected chi connectivity index (χ1v) is 9.39. The van der Waals surface area contributed by atoms with Crippen LogP contribution in [0.25, 0.3) is 0 Å². The van der Waals surface area contributed by atoms with Crippen molar-refractivity contribution in [3.05, 3.63) is 65.2 Å². The van der Waals surface area contributed by atoms with Crippen LogP contribution in [0.5, 0.6) is 0 Å². The smallest absolute Gasteiger partial charge is 0.337 e. The molecule has 1 N–H and O–H groups in total. The van der Waals surface area contributed by atoms with Crippen molar-refractivity contribution in [1.82, 2.24) is 4.90 Å². The Bertz CT molecular complexity index is 1000. The number of carbonyl (C=O) groups excluding carboxylic acids is 3. The van der Waals surface area contributed by atoms with Gasteiger partial charge >= 0.3 is 5.97 Å². The molecule has 1 atom stereocenters. The number of anilines is 1. The Balaban J connectivity index is 1.70. The topological polar surface area (TPSA) is 75.7 Å². The van der Waals surface area contributed by atoms with Gasteiger partial charge in [0.05, 0.1) is 18.6 Å². The maximum absolute atomic E-state index is 12.5. The second kappa shape index (κ2) is 9.07. The predicted molar refractivity (Wildman–Crippen MR) is 109 cm³/mol. The highest BCUT2D eigenvalue weighted by Gasteiger charge is 2.33. The Kier molecular flexibility index (Phi) is 6.30. The van der Waals surface area contributed by atoms with E-state index in [4.69, 9.17) is 4.74 Å². The standard InChI is InChI=1S/C23H22N2O4/c1-3-25-15-19(14-21(25)26)22(27)24-20-9-5-7-17(13-20)11-10-16-6-4-8-18(12-16)23(28)29-2/h4-9,12-13,19H,3,14-15H2,1-2H3,(H,24,27)/t19-/m1/s1. The van der Waals surface area contributed by atoms with E-state index >= 15 is 0 Å². The third-order valence-electron chi connectivity index (χ3n) is 4.73. The maximum atomic E-state index is 12.5. The molecular weight excluding hydrogens is 368 g/mol. The van der Waals surface area contributed by atoms with Crippen LogP contribution >= 0.6 is 0 Å². The lowest BCUT2D eigenvalue weighted by Crippen LogP contribution is -2.28. The first-order valence-electron chi connectivity index (χ1n) is 9.39. The number of rotatable bonds is 4. The van der Waals surface area contributed by atoms with E-state index in [2.05, 4.69) is 17.2 Å². The summed E-state index contributed by atoms with van der Waals surface area (Å²) in [6.07, 6.45) is 0.246. The number of methoxy groups -OCH3 is 1. The van der Waals surface area contributed by atoms with Crippen LogP contribution in [0.15, 0.2) is 48.5 Å². The molecule has 1 aliphatic heterocycles. The zero-order chi connectivity index (χ0) is 20.8. The van der Waals surface area contributed by atoms with Gasteiger partial charge in [-0.1, -0.05) is 24.0 Å². The highest BCUT2D eigenvalue weighted by atomic mass is 16.5. The van der Waals surface area contributed by atoms with E-state index in [1.165, 1.54) is 7.11 Å². The lowest BCUT2D eigenvalue weighted by Gasteiger charge is -2.13. The van der Waals surface area contributed by atoms with Crippen LogP contribution in [0.2, 0.25) is 0 Å². The van der Waals surface area contributed by atoms with Crippen LogP contribution in [0, 0.1) is 17.8 Å². The summed E-state index contributed by atoms with van der Waals surface area (Å²) in [5.41, 5.74) is 2.48. The Morgan fingerprint density at radius 3 is 2.48 bits per heavy atom. The van der Waals surface area contributed by atoms with Gasteiger partial charge in [0.1, 0.15) is 0 Å². The number of amides is 2. The molecule has 2 aromatic rings. The first kappa shape index (κ1) is 20.2. The molecule has 2 aromatic carbocycles. The normalized spacial score (nSPS) is 15.4. The lowest BCUT2D eigenvalue weighted by molar-refractivity contribution is -0.128. The first-order chi connectivity index (χ1) is 14.0. The molecule has 1 fully saturated rings. The summed E-state index contributed by atoms with van der Waals surface area (Å²) >= 11 is 0. The van der Waals surface area contributed by atoms with Gasteiger partial charge in [-0.25, -0.2) is 4.79 Å². The molecule has 2 amide bonds. The fraction of sp³-hybridized carbons (Fsp3) is 0.261. The fourth-order valence-corrected chi connectivity index (χ4v) is 3.16. The Morgan fingerprint density at radius 2 is 1.83 bits per heavy atom. The van der Waals surface area contributed by atoms with Crippen LogP contribution in [0.4, 0.5) is 5.69 Å². The minimum Gasteiger partial charge on any atom is -0.465 e. The molecule has 6 heteroatoms. The zero-order valence-corrected chi connectivity index (χ0v) is 16.4. The lowest BCUT2D eigenvalue weighted by atomic mass is 10.1. The molecule has 0 unspecified atom stereocenters. The van der Waals surface area contributed by atoms with Crippen molar-refractivity contribution in [2.24, 2.45) is 5.92 Å². The summed E-state index contributed by atoms with van der Waals surface area (Å²) in [7, 11) is 1.34. The quantitative estimate of drug-likeness (QED) is 0.643. The third kappa shape index (κ3) is 5.02. The fourth-order valence-electron chi connectivity index (χ4n) is 3.16. The van der Waals surface area contributed by atoms with Gasteiger partial charge in [-0.05, 0) is 43.3 Å². The van der Waals surface area contributed by atoms with E-state index in [9.17, 15) is 14.4 Å². The summed E-state index contributed by atoms with van der Waals surface area (Å²) in [5.74, 6) is 5.16. The highest BCUT2D eigenvalue weighted by molar-refractivity contribution is 5.97. The molecule has 148 valence electrons. The van der Waals surface area contributed by atoms with E-state index < -0.39 is 5.97 Å². The summed E-state index contributed by atoms with van der Waals surface area (Å²) in [6, 6.07) is 14.1. The van der Waals surface area contributed by atoms with Crippen molar-refractivity contribution < 1.29 is 19.1 Å². The van der Waals surface area contributed by atoms with Crippen molar-refractivity contribution in [3.8, 4) is 11.8 Å². The maximum Gasteiger partial charge on any atom is 0.337 e. The highest BCUT2D eigenvalue weighted by Crippen LogP contribution is 2.20. The number of carbonyl (C=O) groups is 3. The predicted octanol–water partition coefficient (Wildman–Crippen LogP) is 2.68. The van der Waals surface area contributed by atoms with Crippen molar-refractivity contribution in [3.63, 3.8) is 0 Å². The molecule has 3 rings (SSSR count). The average molecular weight is 390 g/mol. The number of nitrogens with one attached hydrogen (secondary N) is 1. The van der Waals surface area contributed by atoms with Crippen LogP contribution in [0.3, 0.4) is 0 Å². The van der Waals surface area contributed by atoms with E-state index in [-0.39, 0.29) is 24.2 Å². The molecule has 0 bridgehead atoms. The molecular formula is C23H22N2O4. The number of benzene rings is 2. The van der Waals surface area contributed by atoms with E-state index in [1.807, 2.05) is 25.1 Å². The monoisotopic (exact) mass is 390 g/mol. The second-order valence-electron chi connectivity index (χ2n) is 6.73. The van der Waals surface area contributed by atoms with E-state index in [1.54, 1.807) is 35.2 Å². The van der Waals surface area contributed by atoms with Crippen molar-refractivity contribution >= 4 is 23.5 Å². The number of hydrogen-bond acceptors (Lipinski definition) is 4. The second-order valence-corrected chi connectivity index (χ2v) is 6.73. The van der Waals surface area contributed by atoms with Gasteiger partial charge in [-0.2, -0.15) is 0 Å². The summed E-state index contributed by atoms with van der Waals surface area (Å²) in [4.78, 5) is 37.6. The largest absolute Gasteiger partial charge is 0.465 e. The van der Waals surface area contributed by atoms with Gasteiger partial charge < -0.3 is 15.0 Å². The SMILES string of the molecule is CCN1C[C@H](C(=O)Nc2cccc(C#Cc3cccc(C(=O)OC)c3)c2)CC1=O. The number of nitrogens with zero attached hydrogens (tertiary/aromatic N) is 1. The molecule has 6 nitrogen and oxygen atoms in total. The Hall–Kier alpha value is -3.59. The Morgan fingerprint density at radius 1 is 1.14 bits per heavy atom. The van der Waals surface area contributed by atoms with Crippen LogP contribution in [-0.2, 0) is 14.3 Å². The number of hydrogen-bond donors (Lipinski definition) is 1. The number of ether oxygens (including phenoxy) is 1. The van der Waals surface area contributed by atoms with Crippen LogP contribution in [-0.4, -0.2) is 42.9 Å². The van der Waals surface area contributed by atoms with Gasteiger partial charge in [0, 0.05) is 36.3 Å². The van der Waals surface area contributed by atoms with E-state index in [0.29, 0.717) is 29.9 Å². The molecule has 29 heavy (non-hydrogen) atoms. The third-order valence-corrected chi connectivity index (χ3v) is 4.73. The molecule has 0 radical (unpaired) electrons. The van der Waals surface area contributed by atoms with Crippen molar-refractivity contribution in [2.45, 2.75) is 13.3 Å². The van der Waals surface area contributed by atoms with Crippen molar-refractivity contribution in [1.29, 1.82) is 0 Å².